The van der Waals surface area contributed by atoms with Gasteiger partial charge >= 0.3 is 5.97 Å². The third-order valence-electron chi connectivity index (χ3n) is 2.04. The fraction of sp³-hybridized carbons (Fsp3) is 0.250. The summed E-state index contributed by atoms with van der Waals surface area (Å²) in [6, 6.07) is 8.06. The van der Waals surface area contributed by atoms with Crippen LogP contribution in [0.5, 0.6) is 0 Å². The summed E-state index contributed by atoms with van der Waals surface area (Å²) < 4.78 is 4.89. The summed E-state index contributed by atoms with van der Waals surface area (Å²) >= 11 is 0. The van der Waals surface area contributed by atoms with E-state index in [1.807, 2.05) is 31.2 Å². The first-order valence-electron chi connectivity index (χ1n) is 4.57. The van der Waals surface area contributed by atoms with Gasteiger partial charge in [0.15, 0.2) is 0 Å². The van der Waals surface area contributed by atoms with Crippen LogP contribution in [-0.4, -0.2) is 12.6 Å². The Hall–Kier alpha value is -1.57. The summed E-state index contributed by atoms with van der Waals surface area (Å²) in [5, 5.41) is 0. The quantitative estimate of drug-likeness (QED) is 0.537. The van der Waals surface area contributed by atoms with E-state index in [0.29, 0.717) is 6.61 Å². The minimum absolute atomic E-state index is 0.362. The topological polar surface area (TPSA) is 26.3 Å². The van der Waals surface area contributed by atoms with Crippen LogP contribution < -0.4 is 0 Å². The standard InChI is InChI=1S/C12H14O2/c1-3-12(13)14-9-8-11-7-5-4-6-10(11)2/h3-7H,1,8-9H2,2H3. The second-order valence-corrected chi connectivity index (χ2v) is 3.05. The van der Waals surface area contributed by atoms with Crippen LogP contribution in [0.1, 0.15) is 11.1 Å². The molecule has 0 spiro atoms. The molecule has 14 heavy (non-hydrogen) atoms. The summed E-state index contributed by atoms with van der Waals surface area (Å²) in [5.41, 5.74) is 2.44. The maximum absolute atomic E-state index is 10.7. The van der Waals surface area contributed by atoms with Crippen molar-refractivity contribution >= 4 is 5.97 Å². The van der Waals surface area contributed by atoms with E-state index in [4.69, 9.17) is 4.74 Å². The van der Waals surface area contributed by atoms with Gasteiger partial charge in [-0.25, -0.2) is 4.79 Å². The number of rotatable bonds is 4. The van der Waals surface area contributed by atoms with Crippen LogP contribution in [0.15, 0.2) is 36.9 Å². The number of ether oxygens (including phenoxy) is 1. The molecule has 0 radical (unpaired) electrons. The van der Waals surface area contributed by atoms with Gasteiger partial charge < -0.3 is 4.74 Å². The lowest BCUT2D eigenvalue weighted by Gasteiger charge is -2.05. The highest BCUT2D eigenvalue weighted by Crippen LogP contribution is 2.07. The highest BCUT2D eigenvalue weighted by atomic mass is 16.5. The van der Waals surface area contributed by atoms with Crippen LogP contribution in [0.4, 0.5) is 0 Å². The second-order valence-electron chi connectivity index (χ2n) is 3.05. The van der Waals surface area contributed by atoms with Crippen molar-refractivity contribution in [3.8, 4) is 0 Å². The van der Waals surface area contributed by atoms with Crippen LogP contribution in [-0.2, 0) is 16.0 Å². The highest BCUT2D eigenvalue weighted by molar-refractivity contribution is 5.81. The van der Waals surface area contributed by atoms with Gasteiger partial charge in [-0.15, -0.1) is 0 Å². The van der Waals surface area contributed by atoms with Crippen LogP contribution in [0, 0.1) is 6.92 Å². The molecular formula is C12H14O2. The lowest BCUT2D eigenvalue weighted by molar-refractivity contribution is -0.137. The molecule has 1 aromatic carbocycles. The van der Waals surface area contributed by atoms with Crippen molar-refractivity contribution in [3.63, 3.8) is 0 Å². The van der Waals surface area contributed by atoms with Gasteiger partial charge in [-0.3, -0.25) is 0 Å². The zero-order valence-electron chi connectivity index (χ0n) is 8.32. The van der Waals surface area contributed by atoms with E-state index >= 15 is 0 Å². The molecule has 0 bridgehead atoms. The number of aryl methyl sites for hydroxylation is 1. The van der Waals surface area contributed by atoms with Crippen molar-refractivity contribution < 1.29 is 9.53 Å². The average Bonchev–Trinajstić information content (AvgIpc) is 2.20. The molecule has 2 nitrogen and oxygen atoms in total. The first-order chi connectivity index (χ1) is 6.74. The maximum atomic E-state index is 10.7. The molecular weight excluding hydrogens is 176 g/mol. The third kappa shape index (κ3) is 3.05. The summed E-state index contributed by atoms with van der Waals surface area (Å²) in [4.78, 5) is 10.7. The summed E-state index contributed by atoms with van der Waals surface area (Å²) in [5.74, 6) is -0.362. The van der Waals surface area contributed by atoms with Crippen molar-refractivity contribution in [2.45, 2.75) is 13.3 Å². The van der Waals surface area contributed by atoms with Crippen molar-refractivity contribution in [3.05, 3.63) is 48.0 Å². The monoisotopic (exact) mass is 190 g/mol. The van der Waals surface area contributed by atoms with Gasteiger partial charge in [0.25, 0.3) is 0 Å². The summed E-state index contributed by atoms with van der Waals surface area (Å²) in [6.45, 7) is 5.79. The highest BCUT2D eigenvalue weighted by Gasteiger charge is 1.99. The number of carbonyl (C=O) groups excluding carboxylic acids is 1. The Bertz CT molecular complexity index is 329. The molecule has 0 fully saturated rings. The van der Waals surface area contributed by atoms with Gasteiger partial charge in [-0.1, -0.05) is 30.8 Å². The molecule has 0 N–H and O–H groups in total. The van der Waals surface area contributed by atoms with Gasteiger partial charge in [0, 0.05) is 12.5 Å². The van der Waals surface area contributed by atoms with E-state index < -0.39 is 0 Å². The fourth-order valence-corrected chi connectivity index (χ4v) is 1.21. The first-order valence-corrected chi connectivity index (χ1v) is 4.57. The fourth-order valence-electron chi connectivity index (χ4n) is 1.21. The predicted molar refractivity (Wildman–Crippen MR) is 56.0 cm³/mol. The lowest BCUT2D eigenvalue weighted by Crippen LogP contribution is -2.05. The SMILES string of the molecule is C=CC(=O)OCCc1ccccc1C. The molecule has 0 heterocycles. The van der Waals surface area contributed by atoms with E-state index in [1.165, 1.54) is 17.2 Å². The van der Waals surface area contributed by atoms with E-state index in [1.54, 1.807) is 0 Å². The molecule has 0 saturated heterocycles. The van der Waals surface area contributed by atoms with Crippen LogP contribution in [0.3, 0.4) is 0 Å². The molecule has 1 aromatic rings. The number of esters is 1. The molecule has 74 valence electrons. The number of hydrogen-bond acceptors (Lipinski definition) is 2. The Morgan fingerprint density at radius 1 is 1.50 bits per heavy atom. The third-order valence-corrected chi connectivity index (χ3v) is 2.04. The van der Waals surface area contributed by atoms with Crippen molar-refractivity contribution in [1.29, 1.82) is 0 Å². The van der Waals surface area contributed by atoms with Crippen LogP contribution >= 0.6 is 0 Å². The molecule has 0 saturated carbocycles. The Morgan fingerprint density at radius 3 is 2.86 bits per heavy atom. The maximum Gasteiger partial charge on any atom is 0.330 e. The van der Waals surface area contributed by atoms with Crippen LogP contribution in [0.2, 0.25) is 0 Å². The molecule has 0 aromatic heterocycles. The zero-order chi connectivity index (χ0) is 10.4. The first kappa shape index (κ1) is 10.5. The molecule has 0 aliphatic heterocycles. The Kier molecular flexibility index (Phi) is 3.92. The van der Waals surface area contributed by atoms with Crippen LogP contribution in [0.25, 0.3) is 0 Å². The molecule has 0 unspecified atom stereocenters. The molecule has 0 aliphatic rings. The van der Waals surface area contributed by atoms with Crippen molar-refractivity contribution in [2.24, 2.45) is 0 Å². The van der Waals surface area contributed by atoms with E-state index in [-0.39, 0.29) is 5.97 Å². The summed E-state index contributed by atoms with van der Waals surface area (Å²) in [6.07, 6.45) is 1.93. The Balaban J connectivity index is 2.42. The minimum Gasteiger partial charge on any atom is -0.462 e. The molecule has 1 rings (SSSR count). The van der Waals surface area contributed by atoms with Gasteiger partial charge in [-0.05, 0) is 18.1 Å². The predicted octanol–water partition coefficient (Wildman–Crippen LogP) is 2.27. The smallest absolute Gasteiger partial charge is 0.330 e. The van der Waals surface area contributed by atoms with Gasteiger partial charge in [0.05, 0.1) is 6.61 Å². The normalized spacial score (nSPS) is 9.50. The Morgan fingerprint density at radius 2 is 2.21 bits per heavy atom. The van der Waals surface area contributed by atoms with Gasteiger partial charge in [-0.2, -0.15) is 0 Å². The molecule has 2 heteroatoms. The lowest BCUT2D eigenvalue weighted by atomic mass is 10.1. The molecule has 0 amide bonds. The number of benzene rings is 1. The Labute approximate surface area is 84.2 Å². The summed E-state index contributed by atoms with van der Waals surface area (Å²) in [7, 11) is 0. The zero-order valence-corrected chi connectivity index (χ0v) is 8.32. The van der Waals surface area contributed by atoms with Gasteiger partial charge in [0.1, 0.15) is 0 Å². The average molecular weight is 190 g/mol. The minimum atomic E-state index is -0.362. The molecule has 0 atom stereocenters. The number of carbonyl (C=O) groups is 1. The van der Waals surface area contributed by atoms with E-state index in [2.05, 4.69) is 6.58 Å². The largest absolute Gasteiger partial charge is 0.462 e. The van der Waals surface area contributed by atoms with E-state index in [9.17, 15) is 4.79 Å². The second kappa shape index (κ2) is 5.22. The van der Waals surface area contributed by atoms with E-state index in [0.717, 1.165) is 6.42 Å². The molecule has 0 aliphatic carbocycles. The number of hydrogen-bond donors (Lipinski definition) is 0. The van der Waals surface area contributed by atoms with Gasteiger partial charge in [0.2, 0.25) is 0 Å². The van der Waals surface area contributed by atoms with Crippen molar-refractivity contribution in [1.82, 2.24) is 0 Å². The van der Waals surface area contributed by atoms with Crippen molar-refractivity contribution in [2.75, 3.05) is 6.61 Å².